The lowest BCUT2D eigenvalue weighted by atomic mass is 9.72. The van der Waals surface area contributed by atoms with Gasteiger partial charge in [-0.3, -0.25) is 4.90 Å². The first-order valence-electron chi connectivity index (χ1n) is 9.74. The number of carbonyl (C=O) groups excluding carboxylic acids is 2. The minimum atomic E-state index is -0.722. The molecule has 1 aromatic rings. The lowest BCUT2D eigenvalue weighted by Crippen LogP contribution is -2.34. The highest BCUT2D eigenvalue weighted by Crippen LogP contribution is 2.51. The van der Waals surface area contributed by atoms with Gasteiger partial charge in [0.25, 0.3) is 0 Å². The lowest BCUT2D eigenvalue weighted by molar-refractivity contribution is 0.0205. The van der Waals surface area contributed by atoms with Crippen molar-refractivity contribution in [2.24, 2.45) is 0 Å². The third-order valence-electron chi connectivity index (χ3n) is 5.07. The number of benzene rings is 1. The van der Waals surface area contributed by atoms with Gasteiger partial charge in [-0.1, -0.05) is 19.9 Å². The Hall–Kier alpha value is -2.24. The molecule has 1 saturated heterocycles. The Morgan fingerprint density at radius 3 is 2.21 bits per heavy atom. The number of amides is 1. The number of carbonyl (C=O) groups is 2. The van der Waals surface area contributed by atoms with Gasteiger partial charge in [0.05, 0.1) is 12.1 Å². The fraction of sp³-hybridized carbons (Fsp3) is 0.636. The molecule has 0 radical (unpaired) electrons. The first-order chi connectivity index (χ1) is 12.7. The summed E-state index contributed by atoms with van der Waals surface area (Å²) in [5.41, 5.74) is 0.839. The molecule has 154 valence electrons. The molecule has 2 unspecified atom stereocenters. The maximum absolute atomic E-state index is 12.6. The predicted octanol–water partition coefficient (Wildman–Crippen LogP) is 4.82. The van der Waals surface area contributed by atoms with Crippen LogP contribution >= 0.6 is 0 Å². The Bertz CT molecular complexity index is 800. The largest absolute Gasteiger partial charge is 0.514 e. The van der Waals surface area contributed by atoms with Crippen molar-refractivity contribution in [1.29, 1.82) is 0 Å². The lowest BCUT2D eigenvalue weighted by Gasteiger charge is -2.31. The molecule has 1 heterocycles. The molecule has 6 heteroatoms. The number of rotatable bonds is 1. The van der Waals surface area contributed by atoms with Crippen molar-refractivity contribution in [3.8, 4) is 5.75 Å². The molecule has 2 atom stereocenters. The van der Waals surface area contributed by atoms with Crippen LogP contribution in [-0.4, -0.2) is 40.4 Å². The van der Waals surface area contributed by atoms with E-state index in [2.05, 4.69) is 13.8 Å². The minimum absolute atomic E-state index is 0.0756. The molecule has 28 heavy (non-hydrogen) atoms. The molecule has 1 fully saturated rings. The molecule has 0 N–H and O–H groups in total. The molecule has 6 nitrogen and oxygen atoms in total. The monoisotopic (exact) mass is 389 g/mol. The van der Waals surface area contributed by atoms with Gasteiger partial charge in [-0.2, -0.15) is 0 Å². The topological polar surface area (TPSA) is 64.8 Å². The van der Waals surface area contributed by atoms with Crippen molar-refractivity contribution in [2.75, 3.05) is 0 Å². The van der Waals surface area contributed by atoms with Crippen molar-refractivity contribution in [2.45, 2.75) is 90.5 Å². The number of fused-ring (bicyclic) bond motifs is 2. The molecule has 1 aromatic carbocycles. The van der Waals surface area contributed by atoms with Crippen LogP contribution in [-0.2, 0) is 21.3 Å². The van der Waals surface area contributed by atoms with E-state index in [1.165, 1.54) is 0 Å². The van der Waals surface area contributed by atoms with Gasteiger partial charge in [-0.05, 0) is 71.2 Å². The first-order valence-corrected chi connectivity index (χ1v) is 9.74. The average Bonchev–Trinajstić information content (AvgIpc) is 3.20. The van der Waals surface area contributed by atoms with Crippen molar-refractivity contribution < 1.29 is 23.8 Å². The summed E-state index contributed by atoms with van der Waals surface area (Å²) in [7, 11) is 0. The number of hydrogen-bond acceptors (Lipinski definition) is 5. The second-order valence-corrected chi connectivity index (χ2v) is 10.2. The van der Waals surface area contributed by atoms with Crippen LogP contribution in [0.15, 0.2) is 18.2 Å². The molecular weight excluding hydrogens is 358 g/mol. The van der Waals surface area contributed by atoms with Crippen LogP contribution in [0, 0.1) is 0 Å². The summed E-state index contributed by atoms with van der Waals surface area (Å²) in [6, 6.07) is 5.86. The highest BCUT2D eigenvalue weighted by atomic mass is 16.7. The van der Waals surface area contributed by atoms with Crippen LogP contribution in [0.1, 0.15) is 66.5 Å². The van der Waals surface area contributed by atoms with Crippen LogP contribution in [0.5, 0.6) is 5.75 Å². The first kappa shape index (κ1) is 20.5. The van der Waals surface area contributed by atoms with E-state index in [0.717, 1.165) is 17.5 Å². The van der Waals surface area contributed by atoms with E-state index in [0.29, 0.717) is 5.75 Å². The third-order valence-corrected chi connectivity index (χ3v) is 5.07. The van der Waals surface area contributed by atoms with Crippen molar-refractivity contribution >= 4 is 12.2 Å². The predicted molar refractivity (Wildman–Crippen MR) is 106 cm³/mol. The van der Waals surface area contributed by atoms with Crippen LogP contribution < -0.4 is 4.74 Å². The Labute approximate surface area is 167 Å². The maximum atomic E-state index is 12.6. The number of nitrogens with zero attached hydrogens (tertiary/aromatic N) is 1. The zero-order valence-corrected chi connectivity index (χ0v) is 18.1. The zero-order valence-electron chi connectivity index (χ0n) is 18.1. The quantitative estimate of drug-likeness (QED) is 0.391. The fourth-order valence-corrected chi connectivity index (χ4v) is 4.03. The van der Waals surface area contributed by atoms with E-state index in [9.17, 15) is 9.59 Å². The summed E-state index contributed by atoms with van der Waals surface area (Å²) in [5.74, 6) is 0.448. The molecule has 1 aliphatic carbocycles. The molecule has 0 bridgehead atoms. The number of ether oxygens (including phenoxy) is 3. The normalized spacial score (nSPS) is 22.6. The van der Waals surface area contributed by atoms with E-state index in [1.54, 1.807) is 26.8 Å². The van der Waals surface area contributed by atoms with Gasteiger partial charge in [0, 0.05) is 5.41 Å². The second-order valence-electron chi connectivity index (χ2n) is 10.2. The molecule has 1 aliphatic heterocycles. The maximum Gasteiger partial charge on any atom is 0.514 e. The smallest absolute Gasteiger partial charge is 0.444 e. The van der Waals surface area contributed by atoms with Gasteiger partial charge in [-0.25, -0.2) is 9.59 Å². The van der Waals surface area contributed by atoms with Crippen LogP contribution in [0.3, 0.4) is 0 Å². The summed E-state index contributed by atoms with van der Waals surface area (Å²) < 4.78 is 16.2. The van der Waals surface area contributed by atoms with Gasteiger partial charge in [0.2, 0.25) is 0 Å². The van der Waals surface area contributed by atoms with Crippen molar-refractivity contribution in [1.82, 2.24) is 4.90 Å². The van der Waals surface area contributed by atoms with E-state index in [1.807, 2.05) is 37.8 Å². The zero-order chi connectivity index (χ0) is 21.1. The van der Waals surface area contributed by atoms with Crippen LogP contribution in [0.25, 0.3) is 0 Å². The SMILES string of the molecule is CC(C)(C)OC(=O)Oc1ccc2c(c1)C(C)(C)C1C(C2)N1C(=O)OC(C)(C)C. The van der Waals surface area contributed by atoms with Crippen LogP contribution in [0.2, 0.25) is 0 Å². The Balaban J connectivity index is 1.78. The van der Waals surface area contributed by atoms with Gasteiger partial charge < -0.3 is 14.2 Å². The summed E-state index contributed by atoms with van der Waals surface area (Å²) in [5, 5.41) is 0. The summed E-state index contributed by atoms with van der Waals surface area (Å²) in [6.45, 7) is 15.2. The van der Waals surface area contributed by atoms with Gasteiger partial charge in [-0.15, -0.1) is 0 Å². The minimum Gasteiger partial charge on any atom is -0.444 e. The van der Waals surface area contributed by atoms with Crippen LogP contribution in [0.4, 0.5) is 9.59 Å². The van der Waals surface area contributed by atoms with Crippen molar-refractivity contribution in [3.05, 3.63) is 29.3 Å². The van der Waals surface area contributed by atoms with E-state index in [-0.39, 0.29) is 23.6 Å². The summed E-state index contributed by atoms with van der Waals surface area (Å²) in [4.78, 5) is 26.4. The fourth-order valence-electron chi connectivity index (χ4n) is 4.03. The van der Waals surface area contributed by atoms with E-state index >= 15 is 0 Å². The highest BCUT2D eigenvalue weighted by molar-refractivity contribution is 5.74. The van der Waals surface area contributed by atoms with E-state index < -0.39 is 17.4 Å². The van der Waals surface area contributed by atoms with Crippen molar-refractivity contribution in [3.63, 3.8) is 0 Å². The van der Waals surface area contributed by atoms with Gasteiger partial charge in [0.15, 0.2) is 0 Å². The average molecular weight is 389 g/mol. The summed E-state index contributed by atoms with van der Waals surface area (Å²) in [6.07, 6.45) is -0.218. The van der Waals surface area contributed by atoms with E-state index in [4.69, 9.17) is 14.2 Å². The third kappa shape index (κ3) is 4.10. The Morgan fingerprint density at radius 1 is 1.04 bits per heavy atom. The molecule has 3 rings (SSSR count). The molecular formula is C22H31NO5. The standard InChI is InChI=1S/C22H31NO5/c1-20(2,3)27-18(24)23-16-11-13-9-10-14(26-19(25)28-21(4,5)6)12-15(13)22(7,8)17(16)23/h9-10,12,16-17H,11H2,1-8H3. The number of hydrogen-bond donors (Lipinski definition) is 0. The molecule has 0 saturated carbocycles. The van der Waals surface area contributed by atoms with Gasteiger partial charge in [0.1, 0.15) is 17.0 Å². The summed E-state index contributed by atoms with van der Waals surface area (Å²) >= 11 is 0. The van der Waals surface area contributed by atoms with Gasteiger partial charge >= 0.3 is 12.2 Å². The molecule has 1 amide bonds. The highest BCUT2D eigenvalue weighted by Gasteiger charge is 2.62. The Morgan fingerprint density at radius 2 is 1.64 bits per heavy atom. The Kier molecular flexibility index (Phi) is 4.68. The molecule has 0 spiro atoms. The molecule has 0 aromatic heterocycles. The second kappa shape index (κ2) is 6.39. The molecule has 2 aliphatic rings.